The molecule has 6 heteroatoms. The van der Waals surface area contributed by atoms with E-state index in [9.17, 15) is 4.79 Å². The zero-order valence-corrected chi connectivity index (χ0v) is 10.0. The number of anilines is 1. The Morgan fingerprint density at radius 2 is 2.20 bits per heavy atom. The number of nitrogens with one attached hydrogen (secondary N) is 1. The molecule has 1 N–H and O–H groups in total. The lowest BCUT2D eigenvalue weighted by atomic mass is 10.3. The third-order valence-corrected chi connectivity index (χ3v) is 3.12. The molecule has 0 bridgehead atoms. The highest BCUT2D eigenvalue weighted by Gasteiger charge is 2.09. The fourth-order valence-corrected chi connectivity index (χ4v) is 2.80. The molecule has 15 heavy (non-hydrogen) atoms. The van der Waals surface area contributed by atoms with Gasteiger partial charge in [-0.3, -0.25) is 4.79 Å². The van der Waals surface area contributed by atoms with Gasteiger partial charge in [-0.15, -0.1) is 0 Å². The van der Waals surface area contributed by atoms with Gasteiger partial charge in [0.05, 0.1) is 9.72 Å². The van der Waals surface area contributed by atoms with Crippen molar-refractivity contribution in [2.45, 2.75) is 6.92 Å². The second kappa shape index (κ2) is 3.96. The van der Waals surface area contributed by atoms with Crippen LogP contribution in [0.15, 0.2) is 12.1 Å². The van der Waals surface area contributed by atoms with E-state index < -0.39 is 0 Å². The molecule has 78 valence electrons. The van der Waals surface area contributed by atoms with Crippen molar-refractivity contribution in [1.29, 1.82) is 0 Å². The summed E-state index contributed by atoms with van der Waals surface area (Å²) in [5, 5.41) is 4.19. The van der Waals surface area contributed by atoms with E-state index in [4.69, 9.17) is 23.2 Å². The standard InChI is InChI=1S/C9H6Cl2N2OS/c1-4(14)12-9-13-8-6(11)2-5(10)3-7(8)15-9/h2-3H,1H3,(H,12,13,14). The van der Waals surface area contributed by atoms with Crippen molar-refractivity contribution in [3.05, 3.63) is 22.2 Å². The van der Waals surface area contributed by atoms with Crippen LogP contribution in [-0.2, 0) is 4.79 Å². The van der Waals surface area contributed by atoms with Crippen molar-refractivity contribution in [3.8, 4) is 0 Å². The number of aromatic nitrogens is 1. The summed E-state index contributed by atoms with van der Waals surface area (Å²) in [6.07, 6.45) is 0. The van der Waals surface area contributed by atoms with Crippen molar-refractivity contribution in [2.24, 2.45) is 0 Å². The highest BCUT2D eigenvalue weighted by Crippen LogP contribution is 2.33. The van der Waals surface area contributed by atoms with Gasteiger partial charge in [0.1, 0.15) is 5.52 Å². The summed E-state index contributed by atoms with van der Waals surface area (Å²) < 4.78 is 0.858. The summed E-state index contributed by atoms with van der Waals surface area (Å²) >= 11 is 13.1. The quantitative estimate of drug-likeness (QED) is 0.852. The van der Waals surface area contributed by atoms with Crippen molar-refractivity contribution in [2.75, 3.05) is 5.32 Å². The van der Waals surface area contributed by atoms with Crippen LogP contribution in [0.1, 0.15) is 6.92 Å². The number of hydrogen-bond acceptors (Lipinski definition) is 3. The lowest BCUT2D eigenvalue weighted by molar-refractivity contribution is -0.114. The van der Waals surface area contributed by atoms with Crippen LogP contribution in [0.25, 0.3) is 10.2 Å². The molecule has 0 radical (unpaired) electrons. The van der Waals surface area contributed by atoms with Crippen LogP contribution in [0, 0.1) is 0 Å². The monoisotopic (exact) mass is 260 g/mol. The maximum absolute atomic E-state index is 10.8. The maximum Gasteiger partial charge on any atom is 0.223 e. The minimum atomic E-state index is -0.156. The van der Waals surface area contributed by atoms with Crippen molar-refractivity contribution in [1.82, 2.24) is 4.98 Å². The maximum atomic E-state index is 10.8. The Morgan fingerprint density at radius 1 is 1.47 bits per heavy atom. The van der Waals surface area contributed by atoms with Crippen molar-refractivity contribution in [3.63, 3.8) is 0 Å². The summed E-state index contributed by atoms with van der Waals surface area (Å²) in [6, 6.07) is 3.40. The summed E-state index contributed by atoms with van der Waals surface area (Å²) in [7, 11) is 0. The van der Waals surface area contributed by atoms with Gasteiger partial charge in [-0.25, -0.2) is 4.98 Å². The Hall–Kier alpha value is -0.840. The predicted molar refractivity (Wildman–Crippen MR) is 63.9 cm³/mol. The first-order valence-corrected chi connectivity index (χ1v) is 5.66. The second-order valence-corrected chi connectivity index (χ2v) is 4.81. The van der Waals surface area contributed by atoms with Gasteiger partial charge in [0.15, 0.2) is 5.13 Å². The van der Waals surface area contributed by atoms with Gasteiger partial charge in [-0.05, 0) is 12.1 Å². The molecular weight excluding hydrogens is 255 g/mol. The Balaban J connectivity index is 2.55. The number of carbonyl (C=O) groups excluding carboxylic acids is 1. The molecule has 1 aromatic carbocycles. The molecule has 2 rings (SSSR count). The van der Waals surface area contributed by atoms with E-state index in [1.807, 2.05) is 0 Å². The van der Waals surface area contributed by atoms with Gasteiger partial charge in [0, 0.05) is 11.9 Å². The highest BCUT2D eigenvalue weighted by atomic mass is 35.5. The lowest BCUT2D eigenvalue weighted by Gasteiger charge is -1.92. The SMILES string of the molecule is CC(=O)Nc1nc2c(Cl)cc(Cl)cc2s1. The van der Waals surface area contributed by atoms with Gasteiger partial charge < -0.3 is 5.32 Å². The number of halogens is 2. The number of fused-ring (bicyclic) bond motifs is 1. The number of carbonyl (C=O) groups is 1. The zero-order chi connectivity index (χ0) is 11.0. The van der Waals surface area contributed by atoms with Crippen LogP contribution in [0.5, 0.6) is 0 Å². The normalized spacial score (nSPS) is 10.6. The molecule has 0 aliphatic carbocycles. The molecule has 3 nitrogen and oxygen atoms in total. The third kappa shape index (κ3) is 2.22. The van der Waals surface area contributed by atoms with Crippen molar-refractivity contribution < 1.29 is 4.79 Å². The van der Waals surface area contributed by atoms with Gasteiger partial charge in [0.25, 0.3) is 0 Å². The fourth-order valence-electron chi connectivity index (χ4n) is 1.16. The average molecular weight is 261 g/mol. The predicted octanol–water partition coefficient (Wildman–Crippen LogP) is 3.56. The second-order valence-electron chi connectivity index (χ2n) is 2.93. The van der Waals surface area contributed by atoms with Gasteiger partial charge in [0.2, 0.25) is 5.91 Å². The topological polar surface area (TPSA) is 42.0 Å². The first-order chi connectivity index (χ1) is 7.06. The summed E-state index contributed by atoms with van der Waals surface area (Å²) in [4.78, 5) is 15.0. The number of thiazole rings is 1. The molecule has 0 spiro atoms. The number of benzene rings is 1. The Labute approximate surface area is 100 Å². The van der Waals surface area contributed by atoms with Crippen LogP contribution in [-0.4, -0.2) is 10.9 Å². The number of hydrogen-bond donors (Lipinski definition) is 1. The Bertz CT molecular complexity index is 538. The lowest BCUT2D eigenvalue weighted by Crippen LogP contribution is -2.04. The Morgan fingerprint density at radius 3 is 2.87 bits per heavy atom. The molecule has 0 aliphatic heterocycles. The van der Waals surface area contributed by atoms with E-state index in [2.05, 4.69) is 10.3 Å². The van der Waals surface area contributed by atoms with E-state index in [0.29, 0.717) is 20.7 Å². The minimum Gasteiger partial charge on any atom is -0.302 e. The van der Waals surface area contributed by atoms with Crippen LogP contribution < -0.4 is 5.32 Å². The molecule has 1 heterocycles. The highest BCUT2D eigenvalue weighted by molar-refractivity contribution is 7.22. The molecule has 2 aromatic rings. The number of amides is 1. The smallest absolute Gasteiger partial charge is 0.223 e. The molecule has 0 saturated carbocycles. The van der Waals surface area contributed by atoms with E-state index in [0.717, 1.165) is 4.70 Å². The molecule has 0 fully saturated rings. The van der Waals surface area contributed by atoms with Crippen LogP contribution in [0.4, 0.5) is 5.13 Å². The third-order valence-electron chi connectivity index (χ3n) is 1.70. The molecule has 1 amide bonds. The fraction of sp³-hybridized carbons (Fsp3) is 0.111. The molecular formula is C9H6Cl2N2OS. The summed E-state index contributed by atoms with van der Waals surface area (Å²) in [5.74, 6) is -0.156. The molecule has 0 saturated heterocycles. The number of rotatable bonds is 1. The van der Waals surface area contributed by atoms with Gasteiger partial charge >= 0.3 is 0 Å². The molecule has 1 aromatic heterocycles. The van der Waals surface area contributed by atoms with Crippen LogP contribution >= 0.6 is 34.5 Å². The summed E-state index contributed by atoms with van der Waals surface area (Å²) in [6.45, 7) is 1.43. The van der Waals surface area contributed by atoms with Gasteiger partial charge in [-0.2, -0.15) is 0 Å². The summed E-state index contributed by atoms with van der Waals surface area (Å²) in [5.41, 5.74) is 0.662. The first kappa shape index (κ1) is 10.7. The van der Waals surface area contributed by atoms with Gasteiger partial charge in [-0.1, -0.05) is 34.5 Å². The van der Waals surface area contributed by atoms with E-state index in [1.54, 1.807) is 12.1 Å². The van der Waals surface area contributed by atoms with E-state index >= 15 is 0 Å². The molecule has 0 atom stereocenters. The molecule has 0 unspecified atom stereocenters. The van der Waals surface area contributed by atoms with E-state index in [-0.39, 0.29) is 5.91 Å². The van der Waals surface area contributed by atoms with Crippen LogP contribution in [0.3, 0.4) is 0 Å². The van der Waals surface area contributed by atoms with E-state index in [1.165, 1.54) is 18.3 Å². The zero-order valence-electron chi connectivity index (χ0n) is 7.67. The average Bonchev–Trinajstić information content (AvgIpc) is 2.45. The first-order valence-electron chi connectivity index (χ1n) is 4.09. The minimum absolute atomic E-state index is 0.156. The Kier molecular flexibility index (Phi) is 2.82. The van der Waals surface area contributed by atoms with Crippen LogP contribution in [0.2, 0.25) is 10.0 Å². The number of nitrogens with zero attached hydrogens (tertiary/aromatic N) is 1. The largest absolute Gasteiger partial charge is 0.302 e. The molecule has 0 aliphatic rings. The van der Waals surface area contributed by atoms with Crippen molar-refractivity contribution >= 4 is 55.8 Å².